The number of aliphatic hydroxyl groups is 2. The average molecular weight is 358 g/mol. The van der Waals surface area contributed by atoms with Crippen LogP contribution in [0.15, 0.2) is 60.7 Å². The molecular formula is C19H18O7. The van der Waals surface area contributed by atoms with Gasteiger partial charge in [-0.1, -0.05) is 36.4 Å². The molecule has 1 aliphatic rings. The summed E-state index contributed by atoms with van der Waals surface area (Å²) in [6, 6.07) is 16.4. The Labute approximate surface area is 149 Å². The Bertz CT molecular complexity index is 747. The molecule has 0 aliphatic carbocycles. The van der Waals surface area contributed by atoms with Gasteiger partial charge in [0.15, 0.2) is 18.5 Å². The summed E-state index contributed by atoms with van der Waals surface area (Å²) in [5.74, 6) is -1.37. The minimum absolute atomic E-state index is 0.278. The van der Waals surface area contributed by atoms with Crippen molar-refractivity contribution in [3.8, 4) is 0 Å². The molecule has 1 saturated heterocycles. The molecule has 4 atom stereocenters. The van der Waals surface area contributed by atoms with Crippen molar-refractivity contribution in [2.24, 2.45) is 0 Å². The average Bonchev–Trinajstić information content (AvgIpc) is 2.98. The summed E-state index contributed by atoms with van der Waals surface area (Å²) in [6.07, 6.45) is -4.93. The molecular weight excluding hydrogens is 340 g/mol. The molecule has 1 fully saturated rings. The number of hydrogen-bond donors (Lipinski definition) is 2. The van der Waals surface area contributed by atoms with Gasteiger partial charge in [0.25, 0.3) is 0 Å². The van der Waals surface area contributed by atoms with Crippen LogP contribution < -0.4 is 0 Å². The van der Waals surface area contributed by atoms with Gasteiger partial charge in [-0.05, 0) is 24.3 Å². The highest BCUT2D eigenvalue weighted by molar-refractivity contribution is 5.90. The molecule has 7 heteroatoms. The van der Waals surface area contributed by atoms with Crippen molar-refractivity contribution in [3.63, 3.8) is 0 Å². The molecule has 3 rings (SSSR count). The summed E-state index contributed by atoms with van der Waals surface area (Å²) < 4.78 is 15.8. The van der Waals surface area contributed by atoms with Crippen LogP contribution >= 0.6 is 0 Å². The Morgan fingerprint density at radius 2 is 1.31 bits per heavy atom. The third-order valence-electron chi connectivity index (χ3n) is 3.97. The Morgan fingerprint density at radius 3 is 1.77 bits per heavy atom. The lowest BCUT2D eigenvalue weighted by molar-refractivity contribution is -0.135. The van der Waals surface area contributed by atoms with Gasteiger partial charge < -0.3 is 24.4 Å². The highest BCUT2D eigenvalue weighted by Crippen LogP contribution is 2.27. The van der Waals surface area contributed by atoms with E-state index in [0.717, 1.165) is 0 Å². The highest BCUT2D eigenvalue weighted by atomic mass is 16.7. The topological polar surface area (TPSA) is 102 Å². The van der Waals surface area contributed by atoms with Gasteiger partial charge in [-0.15, -0.1) is 0 Å². The van der Waals surface area contributed by atoms with Crippen LogP contribution in [0.3, 0.4) is 0 Å². The van der Waals surface area contributed by atoms with Crippen molar-refractivity contribution >= 4 is 11.9 Å². The van der Waals surface area contributed by atoms with E-state index in [2.05, 4.69) is 0 Å². The number of esters is 2. The first-order chi connectivity index (χ1) is 12.6. The molecule has 0 amide bonds. The fraction of sp³-hybridized carbons (Fsp3) is 0.263. The van der Waals surface area contributed by atoms with Crippen molar-refractivity contribution in [1.29, 1.82) is 0 Å². The van der Waals surface area contributed by atoms with E-state index in [9.17, 15) is 19.8 Å². The van der Waals surface area contributed by atoms with E-state index < -0.39 is 43.1 Å². The number of carbonyl (C=O) groups is 2. The van der Waals surface area contributed by atoms with Crippen LogP contribution in [0.1, 0.15) is 20.7 Å². The minimum Gasteiger partial charge on any atom is -0.452 e. The van der Waals surface area contributed by atoms with Gasteiger partial charge >= 0.3 is 11.9 Å². The Kier molecular flexibility index (Phi) is 5.62. The van der Waals surface area contributed by atoms with E-state index in [-0.39, 0.29) is 5.56 Å². The Hall–Kier alpha value is -2.74. The van der Waals surface area contributed by atoms with Crippen molar-refractivity contribution in [1.82, 2.24) is 0 Å². The van der Waals surface area contributed by atoms with E-state index in [1.807, 2.05) is 0 Å². The van der Waals surface area contributed by atoms with Crippen LogP contribution in [-0.2, 0) is 14.2 Å². The first-order valence-corrected chi connectivity index (χ1v) is 8.06. The zero-order valence-corrected chi connectivity index (χ0v) is 13.7. The van der Waals surface area contributed by atoms with E-state index in [1.165, 1.54) is 0 Å². The minimum atomic E-state index is -1.52. The van der Waals surface area contributed by atoms with Crippen LogP contribution in [0.4, 0.5) is 0 Å². The lowest BCUT2D eigenvalue weighted by Crippen LogP contribution is -2.41. The van der Waals surface area contributed by atoms with Crippen LogP contribution in [0, 0.1) is 0 Å². The Balaban J connectivity index is 1.76. The van der Waals surface area contributed by atoms with Gasteiger partial charge in [-0.25, -0.2) is 9.59 Å². The van der Waals surface area contributed by atoms with E-state index in [4.69, 9.17) is 14.2 Å². The molecule has 2 aromatic carbocycles. The molecule has 0 aromatic heterocycles. The predicted octanol–water partition coefficient (Wildman–Crippen LogP) is 1.15. The zero-order chi connectivity index (χ0) is 18.5. The van der Waals surface area contributed by atoms with E-state index in [0.29, 0.717) is 5.56 Å². The smallest absolute Gasteiger partial charge is 0.338 e. The van der Waals surface area contributed by atoms with Crippen LogP contribution in [0.2, 0.25) is 0 Å². The van der Waals surface area contributed by atoms with Gasteiger partial charge in [0.2, 0.25) is 0 Å². The number of ether oxygens (including phenoxy) is 3. The summed E-state index contributed by atoms with van der Waals surface area (Å²) in [5.41, 5.74) is 0.569. The quantitative estimate of drug-likeness (QED) is 0.773. The highest BCUT2D eigenvalue weighted by Gasteiger charge is 2.49. The lowest BCUT2D eigenvalue weighted by Gasteiger charge is -2.22. The summed E-state index contributed by atoms with van der Waals surface area (Å²) in [4.78, 5) is 24.5. The zero-order valence-electron chi connectivity index (χ0n) is 13.7. The SMILES string of the molecule is O=C(O[C@@H]1[C@H](CO)OC(O)[C@@H]1OC(=O)c1ccccc1)c1ccccc1. The molecule has 0 spiro atoms. The van der Waals surface area contributed by atoms with Gasteiger partial charge in [0, 0.05) is 0 Å². The maximum atomic E-state index is 12.3. The summed E-state index contributed by atoms with van der Waals surface area (Å²) in [6.45, 7) is -0.511. The molecule has 2 aromatic rings. The molecule has 2 N–H and O–H groups in total. The molecule has 7 nitrogen and oxygen atoms in total. The third kappa shape index (κ3) is 3.91. The molecule has 0 bridgehead atoms. The van der Waals surface area contributed by atoms with Crippen molar-refractivity contribution in [2.75, 3.05) is 6.61 Å². The van der Waals surface area contributed by atoms with Crippen LogP contribution in [-0.4, -0.2) is 53.4 Å². The number of benzene rings is 2. The molecule has 136 valence electrons. The number of aliphatic hydroxyl groups excluding tert-OH is 2. The molecule has 1 aliphatic heterocycles. The van der Waals surface area contributed by atoms with E-state index in [1.54, 1.807) is 60.7 Å². The second-order valence-corrected chi connectivity index (χ2v) is 5.72. The predicted molar refractivity (Wildman–Crippen MR) is 89.3 cm³/mol. The molecule has 1 heterocycles. The van der Waals surface area contributed by atoms with Crippen molar-refractivity contribution in [3.05, 3.63) is 71.8 Å². The lowest BCUT2D eigenvalue weighted by atomic mass is 10.1. The maximum absolute atomic E-state index is 12.3. The number of carbonyl (C=O) groups excluding carboxylic acids is 2. The fourth-order valence-electron chi connectivity index (χ4n) is 2.65. The van der Waals surface area contributed by atoms with Crippen molar-refractivity contribution < 1.29 is 34.0 Å². The third-order valence-corrected chi connectivity index (χ3v) is 3.97. The fourth-order valence-corrected chi connectivity index (χ4v) is 2.65. The number of rotatable bonds is 5. The normalized spacial score (nSPS) is 24.8. The molecule has 0 saturated carbocycles. The molecule has 26 heavy (non-hydrogen) atoms. The van der Waals surface area contributed by atoms with Gasteiger partial charge in [0.1, 0.15) is 6.10 Å². The maximum Gasteiger partial charge on any atom is 0.338 e. The Morgan fingerprint density at radius 1 is 0.846 bits per heavy atom. The largest absolute Gasteiger partial charge is 0.452 e. The second kappa shape index (κ2) is 8.09. The van der Waals surface area contributed by atoms with E-state index >= 15 is 0 Å². The summed E-state index contributed by atoms with van der Waals surface area (Å²) in [7, 11) is 0. The van der Waals surface area contributed by atoms with Crippen LogP contribution in [0.25, 0.3) is 0 Å². The number of hydrogen-bond acceptors (Lipinski definition) is 7. The molecule has 1 unspecified atom stereocenters. The van der Waals surface area contributed by atoms with Crippen molar-refractivity contribution in [2.45, 2.75) is 24.6 Å². The standard InChI is InChI=1S/C19H18O7/c20-11-14-15(25-17(21)12-7-3-1-4-8-12)16(19(23)24-14)26-18(22)13-9-5-2-6-10-13/h1-10,14-16,19-20,23H,11H2/t14-,15+,16+,19?/m0/s1. The molecule has 0 radical (unpaired) electrons. The van der Waals surface area contributed by atoms with Gasteiger partial charge in [-0.3, -0.25) is 0 Å². The summed E-state index contributed by atoms with van der Waals surface area (Å²) >= 11 is 0. The van der Waals surface area contributed by atoms with Gasteiger partial charge in [0.05, 0.1) is 17.7 Å². The monoisotopic (exact) mass is 358 g/mol. The van der Waals surface area contributed by atoms with Gasteiger partial charge in [-0.2, -0.15) is 0 Å². The first-order valence-electron chi connectivity index (χ1n) is 8.06. The first kappa shape index (κ1) is 18.1. The summed E-state index contributed by atoms with van der Waals surface area (Å²) in [5, 5.41) is 19.5. The second-order valence-electron chi connectivity index (χ2n) is 5.72. The van der Waals surface area contributed by atoms with Crippen LogP contribution in [0.5, 0.6) is 0 Å².